The molecule has 0 aromatic heterocycles. The van der Waals surface area contributed by atoms with Gasteiger partial charge in [-0.2, -0.15) is 0 Å². The Balaban J connectivity index is 1.53. The van der Waals surface area contributed by atoms with Crippen LogP contribution < -0.4 is 20.1 Å². The minimum absolute atomic E-state index is 0.0149. The molecule has 1 aliphatic heterocycles. The van der Waals surface area contributed by atoms with Crippen LogP contribution in [-0.2, 0) is 5.41 Å². The van der Waals surface area contributed by atoms with Crippen LogP contribution in [0.2, 0.25) is 0 Å². The van der Waals surface area contributed by atoms with E-state index >= 15 is 0 Å². The van der Waals surface area contributed by atoms with Gasteiger partial charge in [0.15, 0.2) is 11.5 Å². The fourth-order valence-electron chi connectivity index (χ4n) is 5.74. The van der Waals surface area contributed by atoms with Crippen molar-refractivity contribution in [2.45, 2.75) is 63.1 Å². The van der Waals surface area contributed by atoms with Crippen LogP contribution in [0.15, 0.2) is 42.5 Å². The van der Waals surface area contributed by atoms with E-state index < -0.39 is 0 Å². The molecule has 7 heteroatoms. The normalized spacial score (nSPS) is 24.9. The van der Waals surface area contributed by atoms with E-state index in [-0.39, 0.29) is 23.3 Å². The lowest BCUT2D eigenvalue weighted by atomic mass is 9.65. The molecule has 0 radical (unpaired) electrons. The maximum atomic E-state index is 13.5. The van der Waals surface area contributed by atoms with Gasteiger partial charge in [0.05, 0.1) is 14.2 Å². The second-order valence-electron chi connectivity index (χ2n) is 9.40. The van der Waals surface area contributed by atoms with Crippen LogP contribution in [0.3, 0.4) is 0 Å². The van der Waals surface area contributed by atoms with Crippen molar-refractivity contribution in [3.63, 3.8) is 0 Å². The van der Waals surface area contributed by atoms with Gasteiger partial charge in [0.2, 0.25) is 0 Å². The van der Waals surface area contributed by atoms with Crippen LogP contribution in [-0.4, -0.2) is 49.8 Å². The van der Waals surface area contributed by atoms with E-state index in [9.17, 15) is 9.18 Å². The van der Waals surface area contributed by atoms with Gasteiger partial charge >= 0.3 is 6.03 Å². The minimum Gasteiger partial charge on any atom is -0.493 e. The molecule has 1 saturated heterocycles. The Morgan fingerprint density at radius 3 is 2.61 bits per heavy atom. The van der Waals surface area contributed by atoms with Crippen molar-refractivity contribution in [3.8, 4) is 11.5 Å². The van der Waals surface area contributed by atoms with Gasteiger partial charge < -0.3 is 20.1 Å². The maximum absolute atomic E-state index is 13.5. The molecule has 2 aromatic carbocycles. The summed E-state index contributed by atoms with van der Waals surface area (Å²) < 4.78 is 24.5. The van der Waals surface area contributed by atoms with Crippen molar-refractivity contribution in [1.82, 2.24) is 10.2 Å². The lowest BCUT2D eigenvalue weighted by molar-refractivity contribution is 0.113. The van der Waals surface area contributed by atoms with E-state index in [0.717, 1.165) is 43.7 Å². The third kappa shape index (κ3) is 4.64. The average Bonchev–Trinajstić information content (AvgIpc) is 3.18. The summed E-state index contributed by atoms with van der Waals surface area (Å²) in [6.07, 6.45) is 3.80. The molecule has 2 N–H and O–H groups in total. The number of carbonyl (C=O) groups is 1. The number of hydrogen-bond acceptors (Lipinski definition) is 4. The largest absolute Gasteiger partial charge is 0.493 e. The Bertz CT molecular complexity index is 998. The van der Waals surface area contributed by atoms with Gasteiger partial charge in [-0.1, -0.05) is 12.1 Å². The van der Waals surface area contributed by atoms with E-state index in [1.807, 2.05) is 6.07 Å². The Morgan fingerprint density at radius 1 is 1.12 bits per heavy atom. The predicted octanol–water partition coefficient (Wildman–Crippen LogP) is 4.94. The second kappa shape index (κ2) is 9.59. The second-order valence-corrected chi connectivity index (χ2v) is 9.40. The molecule has 1 saturated carbocycles. The van der Waals surface area contributed by atoms with Crippen molar-refractivity contribution in [3.05, 3.63) is 53.8 Å². The number of methoxy groups -OCH3 is 2. The zero-order valence-corrected chi connectivity index (χ0v) is 19.9. The van der Waals surface area contributed by atoms with Gasteiger partial charge in [-0.3, -0.25) is 4.90 Å². The summed E-state index contributed by atoms with van der Waals surface area (Å²) in [5.41, 5.74) is 1.74. The van der Waals surface area contributed by atoms with Crippen molar-refractivity contribution in [1.29, 1.82) is 0 Å². The molecule has 3 atom stereocenters. The van der Waals surface area contributed by atoms with E-state index in [1.54, 1.807) is 26.4 Å². The van der Waals surface area contributed by atoms with Crippen LogP contribution in [0, 0.1) is 5.82 Å². The number of likely N-dealkylation sites (tertiary alicyclic amines) is 1. The SMILES string of the molecule is COc1ccc([C@@]23CC[C@H](NC(=O)Nc4cccc(F)c4)C[C@H]2N(C(C)C)CC3)cc1OC. The molecule has 1 aliphatic carbocycles. The summed E-state index contributed by atoms with van der Waals surface area (Å²) in [6, 6.07) is 12.7. The fraction of sp³-hybridized carbons (Fsp3) is 0.500. The number of fused-ring (bicyclic) bond motifs is 1. The summed E-state index contributed by atoms with van der Waals surface area (Å²) in [7, 11) is 3.32. The van der Waals surface area contributed by atoms with Crippen molar-refractivity contribution >= 4 is 11.7 Å². The number of hydrogen-bond donors (Lipinski definition) is 2. The van der Waals surface area contributed by atoms with Crippen molar-refractivity contribution < 1.29 is 18.7 Å². The van der Waals surface area contributed by atoms with E-state index in [4.69, 9.17) is 9.47 Å². The number of amides is 2. The molecule has 33 heavy (non-hydrogen) atoms. The number of nitrogens with one attached hydrogen (secondary N) is 2. The molecule has 2 aromatic rings. The lowest BCUT2D eigenvalue weighted by Gasteiger charge is -2.46. The van der Waals surface area contributed by atoms with Gasteiger partial charge in [-0.25, -0.2) is 9.18 Å². The number of carbonyl (C=O) groups excluding carboxylic acids is 1. The summed E-state index contributed by atoms with van der Waals surface area (Å²) in [6.45, 7) is 5.50. The molecule has 0 spiro atoms. The first-order chi connectivity index (χ1) is 15.9. The summed E-state index contributed by atoms with van der Waals surface area (Å²) in [5.74, 6) is 1.11. The molecule has 6 nitrogen and oxygen atoms in total. The molecular formula is C26H34FN3O3. The number of urea groups is 1. The van der Waals surface area contributed by atoms with E-state index in [1.165, 1.54) is 17.7 Å². The molecular weight excluding hydrogens is 421 g/mol. The number of halogens is 1. The Kier molecular flexibility index (Phi) is 6.79. The molecule has 2 aliphatic rings. The van der Waals surface area contributed by atoms with Crippen LogP contribution in [0.4, 0.5) is 14.9 Å². The van der Waals surface area contributed by atoms with Crippen molar-refractivity contribution in [2.24, 2.45) is 0 Å². The van der Waals surface area contributed by atoms with Crippen LogP contribution in [0.1, 0.15) is 45.1 Å². The molecule has 178 valence electrons. The monoisotopic (exact) mass is 455 g/mol. The van der Waals surface area contributed by atoms with E-state index in [2.05, 4.69) is 41.5 Å². The van der Waals surface area contributed by atoms with Gasteiger partial charge in [-0.05, 0) is 82.0 Å². The highest BCUT2D eigenvalue weighted by Crippen LogP contribution is 2.50. The van der Waals surface area contributed by atoms with Crippen LogP contribution in [0.25, 0.3) is 0 Å². The molecule has 4 rings (SSSR count). The number of benzene rings is 2. The predicted molar refractivity (Wildman–Crippen MR) is 128 cm³/mol. The fourth-order valence-corrected chi connectivity index (χ4v) is 5.74. The van der Waals surface area contributed by atoms with Gasteiger partial charge in [0.1, 0.15) is 5.82 Å². The summed E-state index contributed by atoms with van der Waals surface area (Å²) >= 11 is 0. The highest BCUT2D eigenvalue weighted by atomic mass is 19.1. The van der Waals surface area contributed by atoms with Crippen LogP contribution >= 0.6 is 0 Å². The molecule has 2 amide bonds. The number of anilines is 1. The molecule has 2 fully saturated rings. The average molecular weight is 456 g/mol. The zero-order valence-electron chi connectivity index (χ0n) is 19.9. The van der Waals surface area contributed by atoms with Crippen molar-refractivity contribution in [2.75, 3.05) is 26.1 Å². The Morgan fingerprint density at radius 2 is 1.91 bits per heavy atom. The highest BCUT2D eigenvalue weighted by Gasteiger charge is 2.52. The highest BCUT2D eigenvalue weighted by molar-refractivity contribution is 5.89. The van der Waals surface area contributed by atoms with Crippen LogP contribution in [0.5, 0.6) is 11.5 Å². The van der Waals surface area contributed by atoms with Gasteiger partial charge in [-0.15, -0.1) is 0 Å². The molecule has 1 heterocycles. The van der Waals surface area contributed by atoms with E-state index in [0.29, 0.717) is 17.8 Å². The maximum Gasteiger partial charge on any atom is 0.319 e. The number of nitrogens with zero attached hydrogens (tertiary/aromatic N) is 1. The first-order valence-corrected chi connectivity index (χ1v) is 11.7. The molecule has 0 unspecified atom stereocenters. The van der Waals surface area contributed by atoms with Gasteiger partial charge in [0, 0.05) is 29.2 Å². The Hall–Kier alpha value is -2.80. The molecule has 0 bridgehead atoms. The lowest BCUT2D eigenvalue weighted by Crippen LogP contribution is -2.54. The standard InChI is InChI=1S/C26H34FN3O3/c1-17(2)30-13-12-26(18-8-9-22(32-3)23(14-18)33-4)11-10-21(16-24(26)30)29-25(31)28-20-7-5-6-19(27)15-20/h5-9,14-15,17,21,24H,10-13,16H2,1-4H3,(H2,28,29,31)/t21-,24+,26-/m0/s1. The first-order valence-electron chi connectivity index (χ1n) is 11.7. The topological polar surface area (TPSA) is 62.8 Å². The summed E-state index contributed by atoms with van der Waals surface area (Å²) in [4.78, 5) is 15.2. The summed E-state index contributed by atoms with van der Waals surface area (Å²) in [5, 5.41) is 5.88. The zero-order chi connectivity index (χ0) is 23.6. The Labute approximate surface area is 195 Å². The minimum atomic E-state index is -0.372. The number of ether oxygens (including phenoxy) is 2. The first kappa shape index (κ1) is 23.4. The quantitative estimate of drug-likeness (QED) is 0.648. The third-order valence-electron chi connectivity index (χ3n) is 7.34. The third-order valence-corrected chi connectivity index (χ3v) is 7.34. The number of rotatable bonds is 6. The smallest absolute Gasteiger partial charge is 0.319 e. The van der Waals surface area contributed by atoms with Gasteiger partial charge in [0.25, 0.3) is 0 Å².